The molecule has 0 bridgehead atoms. The number of benzene rings is 1. The van der Waals surface area contributed by atoms with Crippen molar-refractivity contribution >= 4 is 11.6 Å². The molecule has 2 aromatic heterocycles. The van der Waals surface area contributed by atoms with E-state index in [1.54, 1.807) is 24.4 Å². The lowest BCUT2D eigenvalue weighted by atomic mass is 10.2. The molecule has 1 amide bonds. The highest BCUT2D eigenvalue weighted by Gasteiger charge is 2.13. The maximum Gasteiger partial charge on any atom is 0.257 e. The van der Waals surface area contributed by atoms with Gasteiger partial charge in [0.05, 0.1) is 17.0 Å². The molecule has 0 aliphatic rings. The number of anilines is 1. The van der Waals surface area contributed by atoms with Gasteiger partial charge in [0.25, 0.3) is 5.91 Å². The normalized spacial score (nSPS) is 10.3. The van der Waals surface area contributed by atoms with Crippen LogP contribution in [0.3, 0.4) is 0 Å². The van der Waals surface area contributed by atoms with Gasteiger partial charge in [-0.25, -0.2) is 8.78 Å². The van der Waals surface area contributed by atoms with E-state index in [1.807, 2.05) is 6.07 Å². The first-order valence-electron chi connectivity index (χ1n) is 6.78. The summed E-state index contributed by atoms with van der Waals surface area (Å²) in [6.07, 6.45) is 2.97. The van der Waals surface area contributed by atoms with Crippen molar-refractivity contribution in [2.45, 2.75) is 0 Å². The number of carbonyl (C=O) groups is 1. The van der Waals surface area contributed by atoms with Crippen LogP contribution in [0.2, 0.25) is 0 Å². The van der Waals surface area contributed by atoms with Crippen LogP contribution in [0.25, 0.3) is 11.4 Å². The summed E-state index contributed by atoms with van der Waals surface area (Å²) in [5.74, 6) is -2.32. The van der Waals surface area contributed by atoms with Crippen molar-refractivity contribution in [3.05, 3.63) is 78.1 Å². The van der Waals surface area contributed by atoms with Crippen LogP contribution in [0, 0.1) is 11.6 Å². The van der Waals surface area contributed by atoms with E-state index in [0.29, 0.717) is 11.4 Å². The molecule has 0 spiro atoms. The molecule has 23 heavy (non-hydrogen) atoms. The van der Waals surface area contributed by atoms with Gasteiger partial charge in [-0.3, -0.25) is 14.8 Å². The molecular formula is C17H11F2N3O. The van der Waals surface area contributed by atoms with E-state index in [1.165, 1.54) is 18.3 Å². The fourth-order valence-electron chi connectivity index (χ4n) is 2.00. The maximum absolute atomic E-state index is 13.5. The van der Waals surface area contributed by atoms with Crippen LogP contribution in [-0.4, -0.2) is 15.9 Å². The highest BCUT2D eigenvalue weighted by atomic mass is 19.1. The Balaban J connectivity index is 1.81. The zero-order valence-electron chi connectivity index (χ0n) is 11.8. The van der Waals surface area contributed by atoms with E-state index in [0.717, 1.165) is 12.1 Å². The predicted octanol–water partition coefficient (Wildman–Crippen LogP) is 3.67. The number of pyridine rings is 2. The number of hydrogen-bond acceptors (Lipinski definition) is 3. The fraction of sp³-hybridized carbons (Fsp3) is 0. The Bertz CT molecular complexity index is 816. The van der Waals surface area contributed by atoms with Gasteiger partial charge in [-0.15, -0.1) is 0 Å². The topological polar surface area (TPSA) is 54.9 Å². The quantitative estimate of drug-likeness (QED) is 0.803. The summed E-state index contributed by atoms with van der Waals surface area (Å²) in [7, 11) is 0. The van der Waals surface area contributed by atoms with Gasteiger partial charge in [-0.1, -0.05) is 12.1 Å². The van der Waals surface area contributed by atoms with Gasteiger partial charge < -0.3 is 5.32 Å². The SMILES string of the molecule is O=C(Nc1c(F)cccc1F)c1ccc(-c2ccccn2)nc1. The van der Waals surface area contributed by atoms with Gasteiger partial charge in [-0.05, 0) is 36.4 Å². The van der Waals surface area contributed by atoms with Crippen molar-refractivity contribution in [2.75, 3.05) is 5.32 Å². The van der Waals surface area contributed by atoms with Gasteiger partial charge in [0.1, 0.15) is 17.3 Å². The second kappa shape index (κ2) is 6.31. The Labute approximate surface area is 130 Å². The van der Waals surface area contributed by atoms with Crippen molar-refractivity contribution in [3.63, 3.8) is 0 Å². The molecule has 0 saturated heterocycles. The van der Waals surface area contributed by atoms with Crippen molar-refractivity contribution < 1.29 is 13.6 Å². The minimum Gasteiger partial charge on any atom is -0.317 e. The van der Waals surface area contributed by atoms with Gasteiger partial charge >= 0.3 is 0 Å². The Hall–Kier alpha value is -3.15. The lowest BCUT2D eigenvalue weighted by Gasteiger charge is -2.07. The Morgan fingerprint density at radius 1 is 0.870 bits per heavy atom. The summed E-state index contributed by atoms with van der Waals surface area (Å²) in [5, 5.41) is 2.21. The maximum atomic E-state index is 13.5. The van der Waals surface area contributed by atoms with Gasteiger partial charge in [0.2, 0.25) is 0 Å². The first-order chi connectivity index (χ1) is 11.1. The molecule has 1 aromatic carbocycles. The largest absolute Gasteiger partial charge is 0.317 e. The zero-order chi connectivity index (χ0) is 16.2. The van der Waals surface area contributed by atoms with E-state index >= 15 is 0 Å². The number of halogens is 2. The molecule has 0 radical (unpaired) electrons. The molecule has 2 heterocycles. The summed E-state index contributed by atoms with van der Waals surface area (Å²) in [6, 6.07) is 11.9. The molecule has 0 atom stereocenters. The van der Waals surface area contributed by atoms with Gasteiger partial charge in [0, 0.05) is 12.4 Å². The second-order valence-corrected chi connectivity index (χ2v) is 4.70. The minimum atomic E-state index is -0.837. The highest BCUT2D eigenvalue weighted by Crippen LogP contribution is 2.19. The number of hydrogen-bond donors (Lipinski definition) is 1. The number of carbonyl (C=O) groups excluding carboxylic acids is 1. The standard InChI is InChI=1S/C17H11F2N3O/c18-12-4-3-5-13(19)16(12)22-17(23)11-7-8-15(21-10-11)14-6-1-2-9-20-14/h1-10H,(H,22,23). The third kappa shape index (κ3) is 3.21. The molecule has 3 aromatic rings. The Kier molecular flexibility index (Phi) is 4.05. The molecule has 4 nitrogen and oxygen atoms in total. The third-order valence-electron chi connectivity index (χ3n) is 3.15. The van der Waals surface area contributed by atoms with Crippen molar-refractivity contribution in [1.82, 2.24) is 9.97 Å². The van der Waals surface area contributed by atoms with Crippen LogP contribution < -0.4 is 5.32 Å². The zero-order valence-corrected chi connectivity index (χ0v) is 11.8. The van der Waals surface area contributed by atoms with E-state index in [4.69, 9.17) is 0 Å². The van der Waals surface area contributed by atoms with Gasteiger partial charge in [0.15, 0.2) is 0 Å². The number of aromatic nitrogens is 2. The monoisotopic (exact) mass is 311 g/mol. The number of para-hydroxylation sites is 1. The lowest BCUT2D eigenvalue weighted by Crippen LogP contribution is -2.14. The lowest BCUT2D eigenvalue weighted by molar-refractivity contribution is 0.102. The summed E-state index contributed by atoms with van der Waals surface area (Å²) in [5.41, 5.74) is 0.970. The Morgan fingerprint density at radius 3 is 2.22 bits per heavy atom. The van der Waals surface area contributed by atoms with E-state index in [9.17, 15) is 13.6 Å². The van der Waals surface area contributed by atoms with Crippen molar-refractivity contribution in [1.29, 1.82) is 0 Å². The van der Waals surface area contributed by atoms with Crippen molar-refractivity contribution in [3.8, 4) is 11.4 Å². The molecule has 114 valence electrons. The number of nitrogens with zero attached hydrogens (tertiary/aromatic N) is 2. The third-order valence-corrected chi connectivity index (χ3v) is 3.15. The smallest absolute Gasteiger partial charge is 0.257 e. The van der Waals surface area contributed by atoms with Crippen LogP contribution in [0.4, 0.5) is 14.5 Å². The van der Waals surface area contributed by atoms with Crippen LogP contribution in [0.1, 0.15) is 10.4 Å². The average molecular weight is 311 g/mol. The van der Waals surface area contributed by atoms with Crippen LogP contribution in [0.5, 0.6) is 0 Å². The second-order valence-electron chi connectivity index (χ2n) is 4.70. The minimum absolute atomic E-state index is 0.187. The molecular weight excluding hydrogens is 300 g/mol. The molecule has 0 aliphatic carbocycles. The number of rotatable bonds is 3. The van der Waals surface area contributed by atoms with Crippen LogP contribution in [0.15, 0.2) is 60.9 Å². The average Bonchev–Trinajstić information content (AvgIpc) is 2.59. The fourth-order valence-corrected chi connectivity index (χ4v) is 2.00. The molecule has 0 fully saturated rings. The van der Waals surface area contributed by atoms with Crippen LogP contribution >= 0.6 is 0 Å². The Morgan fingerprint density at radius 2 is 1.61 bits per heavy atom. The molecule has 0 unspecified atom stereocenters. The summed E-state index contributed by atoms with van der Waals surface area (Å²) < 4.78 is 27.1. The number of nitrogens with one attached hydrogen (secondary N) is 1. The molecule has 0 saturated carbocycles. The number of amides is 1. The molecule has 3 rings (SSSR count). The predicted molar refractivity (Wildman–Crippen MR) is 81.8 cm³/mol. The summed E-state index contributed by atoms with van der Waals surface area (Å²) in [4.78, 5) is 20.4. The molecule has 6 heteroatoms. The molecule has 0 aliphatic heterocycles. The van der Waals surface area contributed by atoms with E-state index in [2.05, 4.69) is 15.3 Å². The first kappa shape index (κ1) is 14.8. The van der Waals surface area contributed by atoms with E-state index in [-0.39, 0.29) is 5.56 Å². The van der Waals surface area contributed by atoms with Gasteiger partial charge in [-0.2, -0.15) is 0 Å². The summed E-state index contributed by atoms with van der Waals surface area (Å²) >= 11 is 0. The first-order valence-corrected chi connectivity index (χ1v) is 6.78. The van der Waals surface area contributed by atoms with Crippen LogP contribution in [-0.2, 0) is 0 Å². The van der Waals surface area contributed by atoms with Crippen molar-refractivity contribution in [2.24, 2.45) is 0 Å². The van der Waals surface area contributed by atoms with E-state index < -0.39 is 23.2 Å². The highest BCUT2D eigenvalue weighted by molar-refractivity contribution is 6.04. The summed E-state index contributed by atoms with van der Waals surface area (Å²) in [6.45, 7) is 0. The molecule has 1 N–H and O–H groups in total.